The fourth-order valence-electron chi connectivity index (χ4n) is 1.55. The van der Waals surface area contributed by atoms with E-state index in [0.29, 0.717) is 11.8 Å². The van der Waals surface area contributed by atoms with Crippen molar-refractivity contribution in [3.05, 3.63) is 59.9 Å². The van der Waals surface area contributed by atoms with E-state index in [2.05, 4.69) is 16.5 Å². The van der Waals surface area contributed by atoms with Crippen molar-refractivity contribution in [2.45, 2.75) is 6.18 Å². The molecular formula is C12H8F4N2. The van der Waals surface area contributed by atoms with Crippen LogP contribution in [0.15, 0.2) is 37.3 Å². The van der Waals surface area contributed by atoms with Crippen LogP contribution in [0.3, 0.4) is 0 Å². The minimum Gasteiger partial charge on any atom is -0.351 e. The molecule has 2 aromatic rings. The Morgan fingerprint density at radius 1 is 1.28 bits per heavy atom. The van der Waals surface area contributed by atoms with Crippen molar-refractivity contribution in [1.82, 2.24) is 9.97 Å². The van der Waals surface area contributed by atoms with Crippen molar-refractivity contribution in [3.63, 3.8) is 0 Å². The molecule has 2 rings (SSSR count). The van der Waals surface area contributed by atoms with Gasteiger partial charge in [-0.15, -0.1) is 0 Å². The summed E-state index contributed by atoms with van der Waals surface area (Å²) in [7, 11) is 0. The monoisotopic (exact) mass is 256 g/mol. The molecule has 1 aromatic heterocycles. The number of imidazole rings is 1. The number of aromatic amines is 1. The lowest BCUT2D eigenvalue weighted by Gasteiger charge is -2.11. The lowest BCUT2D eigenvalue weighted by molar-refractivity contribution is -0.140. The van der Waals surface area contributed by atoms with Crippen LogP contribution in [0.1, 0.15) is 16.8 Å². The molecule has 2 nitrogen and oxygen atoms in total. The van der Waals surface area contributed by atoms with Gasteiger partial charge in [0.15, 0.2) is 0 Å². The standard InChI is InChI=1S/C12H8F4N2/c1-7(10-5-17-6-18-10)8-3-2-4-9(11(8)13)12(14,15)16/h2-6H,1H2,(H,17,18). The molecule has 0 aliphatic carbocycles. The Hall–Kier alpha value is -2.11. The largest absolute Gasteiger partial charge is 0.419 e. The summed E-state index contributed by atoms with van der Waals surface area (Å²) in [6.07, 6.45) is -1.96. The Labute approximate surface area is 100.0 Å². The predicted octanol–water partition coefficient (Wildman–Crippen LogP) is 3.63. The van der Waals surface area contributed by atoms with Crippen molar-refractivity contribution < 1.29 is 17.6 Å². The molecule has 0 atom stereocenters. The van der Waals surface area contributed by atoms with Gasteiger partial charge in [0.05, 0.1) is 17.6 Å². The van der Waals surface area contributed by atoms with Crippen LogP contribution in [0.25, 0.3) is 5.57 Å². The van der Waals surface area contributed by atoms with Crippen molar-refractivity contribution in [2.75, 3.05) is 0 Å². The number of H-pyrrole nitrogens is 1. The maximum absolute atomic E-state index is 13.8. The maximum Gasteiger partial charge on any atom is 0.419 e. The summed E-state index contributed by atoms with van der Waals surface area (Å²) in [5, 5.41) is 0. The summed E-state index contributed by atoms with van der Waals surface area (Å²) in [5.74, 6) is -1.34. The number of rotatable bonds is 2. The first kappa shape index (κ1) is 12.3. The molecule has 0 bridgehead atoms. The maximum atomic E-state index is 13.8. The van der Waals surface area contributed by atoms with Gasteiger partial charge in [-0.1, -0.05) is 18.7 Å². The van der Waals surface area contributed by atoms with Crippen molar-refractivity contribution in [2.24, 2.45) is 0 Å². The Morgan fingerprint density at radius 2 is 2.00 bits per heavy atom. The SMILES string of the molecule is C=C(c1c[nH]cn1)c1cccc(C(F)(F)F)c1F. The quantitative estimate of drug-likeness (QED) is 0.816. The number of nitrogens with zero attached hydrogens (tertiary/aromatic N) is 1. The van der Waals surface area contributed by atoms with E-state index in [1.165, 1.54) is 18.6 Å². The number of hydrogen-bond acceptors (Lipinski definition) is 1. The average molecular weight is 256 g/mol. The fraction of sp³-hybridized carbons (Fsp3) is 0.0833. The van der Waals surface area contributed by atoms with E-state index in [-0.39, 0.29) is 11.1 Å². The van der Waals surface area contributed by atoms with Crippen LogP contribution < -0.4 is 0 Å². The molecule has 0 saturated carbocycles. The molecular weight excluding hydrogens is 248 g/mol. The Bertz CT molecular complexity index is 570. The van der Waals surface area contributed by atoms with Gasteiger partial charge in [-0.3, -0.25) is 0 Å². The first-order chi connectivity index (χ1) is 8.41. The van der Waals surface area contributed by atoms with Crippen LogP contribution in [-0.2, 0) is 6.18 Å². The Balaban J connectivity index is 2.50. The summed E-state index contributed by atoms with van der Waals surface area (Å²) >= 11 is 0. The Kier molecular flexibility index (Phi) is 2.94. The number of benzene rings is 1. The molecule has 18 heavy (non-hydrogen) atoms. The lowest BCUT2D eigenvalue weighted by atomic mass is 10.0. The van der Waals surface area contributed by atoms with E-state index < -0.39 is 17.6 Å². The molecule has 0 saturated heterocycles. The highest BCUT2D eigenvalue weighted by Crippen LogP contribution is 2.34. The lowest BCUT2D eigenvalue weighted by Crippen LogP contribution is -2.09. The van der Waals surface area contributed by atoms with E-state index in [1.54, 1.807) is 0 Å². The minimum absolute atomic E-state index is 0.0971. The topological polar surface area (TPSA) is 28.7 Å². The molecule has 0 aliphatic rings. The zero-order chi connectivity index (χ0) is 13.3. The second-order valence-corrected chi connectivity index (χ2v) is 3.60. The first-order valence-electron chi connectivity index (χ1n) is 4.95. The highest BCUT2D eigenvalue weighted by atomic mass is 19.4. The van der Waals surface area contributed by atoms with Crippen LogP contribution in [0.4, 0.5) is 17.6 Å². The molecule has 94 valence electrons. The van der Waals surface area contributed by atoms with E-state index >= 15 is 0 Å². The van der Waals surface area contributed by atoms with Gasteiger partial charge in [0.25, 0.3) is 0 Å². The first-order valence-corrected chi connectivity index (χ1v) is 4.95. The van der Waals surface area contributed by atoms with Gasteiger partial charge in [-0.05, 0) is 6.07 Å². The van der Waals surface area contributed by atoms with Crippen molar-refractivity contribution >= 4 is 5.57 Å². The zero-order valence-electron chi connectivity index (χ0n) is 9.05. The predicted molar refractivity (Wildman–Crippen MR) is 58.1 cm³/mol. The Morgan fingerprint density at radius 3 is 2.56 bits per heavy atom. The van der Waals surface area contributed by atoms with Gasteiger partial charge >= 0.3 is 6.18 Å². The van der Waals surface area contributed by atoms with E-state index in [0.717, 1.165) is 6.07 Å². The van der Waals surface area contributed by atoms with E-state index in [4.69, 9.17) is 0 Å². The summed E-state index contributed by atoms with van der Waals surface area (Å²) in [6.45, 7) is 3.56. The second-order valence-electron chi connectivity index (χ2n) is 3.60. The van der Waals surface area contributed by atoms with Gasteiger partial charge in [0.2, 0.25) is 0 Å². The summed E-state index contributed by atoms with van der Waals surface area (Å²) in [4.78, 5) is 6.45. The molecule has 0 aliphatic heterocycles. The van der Waals surface area contributed by atoms with Gasteiger partial charge in [0, 0.05) is 17.3 Å². The average Bonchev–Trinajstić information content (AvgIpc) is 2.80. The summed E-state index contributed by atoms with van der Waals surface area (Å²) in [6, 6.07) is 3.07. The molecule has 1 heterocycles. The van der Waals surface area contributed by atoms with Crippen LogP contribution in [0.5, 0.6) is 0 Å². The normalized spacial score (nSPS) is 11.6. The minimum atomic E-state index is -4.73. The van der Waals surface area contributed by atoms with E-state index in [1.807, 2.05) is 0 Å². The summed E-state index contributed by atoms with van der Waals surface area (Å²) in [5.41, 5.74) is -1.12. The smallest absolute Gasteiger partial charge is 0.351 e. The number of halogens is 4. The van der Waals surface area contributed by atoms with Crippen LogP contribution in [0.2, 0.25) is 0 Å². The van der Waals surface area contributed by atoms with Gasteiger partial charge in [0.1, 0.15) is 5.82 Å². The molecule has 0 spiro atoms. The number of aromatic nitrogens is 2. The molecule has 0 amide bonds. The van der Waals surface area contributed by atoms with Gasteiger partial charge in [-0.2, -0.15) is 13.2 Å². The van der Waals surface area contributed by atoms with Crippen molar-refractivity contribution in [3.8, 4) is 0 Å². The third-order valence-electron chi connectivity index (χ3n) is 2.44. The third kappa shape index (κ3) is 2.13. The van der Waals surface area contributed by atoms with Gasteiger partial charge < -0.3 is 4.98 Å². The second kappa shape index (κ2) is 4.29. The van der Waals surface area contributed by atoms with Gasteiger partial charge in [-0.25, -0.2) is 9.37 Å². The highest BCUT2D eigenvalue weighted by Gasteiger charge is 2.35. The fourth-order valence-corrected chi connectivity index (χ4v) is 1.55. The highest BCUT2D eigenvalue weighted by molar-refractivity contribution is 5.76. The number of nitrogens with one attached hydrogen (secondary N) is 1. The van der Waals surface area contributed by atoms with Crippen LogP contribution in [0, 0.1) is 5.82 Å². The summed E-state index contributed by atoms with van der Waals surface area (Å²) < 4.78 is 51.4. The molecule has 0 fully saturated rings. The number of hydrogen-bond donors (Lipinski definition) is 1. The molecule has 1 N–H and O–H groups in total. The molecule has 1 aromatic carbocycles. The number of alkyl halides is 3. The van der Waals surface area contributed by atoms with Crippen molar-refractivity contribution in [1.29, 1.82) is 0 Å². The van der Waals surface area contributed by atoms with Crippen LogP contribution in [-0.4, -0.2) is 9.97 Å². The molecule has 0 radical (unpaired) electrons. The molecule has 6 heteroatoms. The zero-order valence-corrected chi connectivity index (χ0v) is 9.05. The molecule has 0 unspecified atom stereocenters. The van der Waals surface area contributed by atoms with Crippen LogP contribution >= 0.6 is 0 Å². The van der Waals surface area contributed by atoms with E-state index in [9.17, 15) is 17.6 Å². The third-order valence-corrected chi connectivity index (χ3v) is 2.44.